The summed E-state index contributed by atoms with van der Waals surface area (Å²) in [4.78, 5) is 15.5. The van der Waals surface area contributed by atoms with Crippen LogP contribution in [0, 0.1) is 0 Å². The maximum Gasteiger partial charge on any atom is 0.264 e. The first-order chi connectivity index (χ1) is 11.7. The molecule has 2 heterocycles. The van der Waals surface area contributed by atoms with Gasteiger partial charge in [-0.1, -0.05) is 30.3 Å². The minimum atomic E-state index is -0.215. The van der Waals surface area contributed by atoms with Gasteiger partial charge >= 0.3 is 0 Å². The predicted molar refractivity (Wildman–Crippen MR) is 93.5 cm³/mol. The van der Waals surface area contributed by atoms with Crippen LogP contribution in [0.5, 0.6) is 0 Å². The van der Waals surface area contributed by atoms with E-state index in [0.29, 0.717) is 12.5 Å². The third-order valence-electron chi connectivity index (χ3n) is 3.93. The number of rotatable bonds is 3. The van der Waals surface area contributed by atoms with Crippen molar-refractivity contribution in [3.8, 4) is 11.3 Å². The summed E-state index contributed by atoms with van der Waals surface area (Å²) in [6, 6.07) is 19.0. The third kappa shape index (κ3) is 2.54. The van der Waals surface area contributed by atoms with E-state index in [2.05, 4.69) is 15.2 Å². The van der Waals surface area contributed by atoms with Gasteiger partial charge in [0.25, 0.3) is 5.56 Å². The fourth-order valence-electron chi connectivity index (χ4n) is 2.78. The van der Waals surface area contributed by atoms with Crippen molar-refractivity contribution in [2.24, 2.45) is 0 Å². The zero-order valence-corrected chi connectivity index (χ0v) is 12.8. The van der Waals surface area contributed by atoms with Crippen molar-refractivity contribution in [3.63, 3.8) is 0 Å². The number of nitrogen functional groups attached to an aromatic ring is 1. The third-order valence-corrected chi connectivity index (χ3v) is 3.93. The Morgan fingerprint density at radius 2 is 1.92 bits per heavy atom. The van der Waals surface area contributed by atoms with Crippen molar-refractivity contribution in [1.82, 2.24) is 19.7 Å². The first-order valence-corrected chi connectivity index (χ1v) is 7.56. The molecule has 0 fully saturated rings. The number of aromatic amines is 1. The second-order valence-corrected chi connectivity index (χ2v) is 5.55. The fourth-order valence-corrected chi connectivity index (χ4v) is 2.78. The molecule has 0 aliphatic heterocycles. The van der Waals surface area contributed by atoms with Crippen LogP contribution in [0.4, 0.5) is 5.95 Å². The lowest BCUT2D eigenvalue weighted by Gasteiger charge is -2.08. The van der Waals surface area contributed by atoms with Crippen LogP contribution in [0.1, 0.15) is 5.56 Å². The highest BCUT2D eigenvalue weighted by molar-refractivity contribution is 5.78. The summed E-state index contributed by atoms with van der Waals surface area (Å²) in [5, 5.41) is 6.53. The zero-order chi connectivity index (χ0) is 16.5. The molecule has 0 unspecified atom stereocenters. The Morgan fingerprint density at radius 3 is 2.75 bits per heavy atom. The molecule has 0 aliphatic carbocycles. The Morgan fingerprint density at radius 1 is 1.04 bits per heavy atom. The molecule has 6 nitrogen and oxygen atoms in total. The van der Waals surface area contributed by atoms with Gasteiger partial charge in [0.1, 0.15) is 0 Å². The molecule has 0 radical (unpaired) electrons. The SMILES string of the molecule is Nc1nc2ccccc2n1Cc1cccc(-c2ccc(=O)[nH]n2)c1. The monoisotopic (exact) mass is 317 g/mol. The van der Waals surface area contributed by atoms with Crippen molar-refractivity contribution < 1.29 is 0 Å². The van der Waals surface area contributed by atoms with Crippen LogP contribution in [0.15, 0.2) is 65.5 Å². The van der Waals surface area contributed by atoms with Gasteiger partial charge in [0.15, 0.2) is 0 Å². The first-order valence-electron chi connectivity index (χ1n) is 7.56. The zero-order valence-electron chi connectivity index (χ0n) is 12.8. The molecule has 0 saturated carbocycles. The first kappa shape index (κ1) is 14.2. The van der Waals surface area contributed by atoms with Gasteiger partial charge in [0, 0.05) is 11.6 Å². The fraction of sp³-hybridized carbons (Fsp3) is 0.0556. The van der Waals surface area contributed by atoms with Crippen molar-refractivity contribution >= 4 is 17.0 Å². The van der Waals surface area contributed by atoms with E-state index in [0.717, 1.165) is 27.9 Å². The number of aromatic nitrogens is 4. The molecule has 6 heteroatoms. The molecule has 0 aliphatic rings. The number of imidazole rings is 1. The molecule has 2 aromatic carbocycles. The van der Waals surface area contributed by atoms with Gasteiger partial charge in [-0.2, -0.15) is 5.10 Å². The average molecular weight is 317 g/mol. The highest BCUT2D eigenvalue weighted by Crippen LogP contribution is 2.21. The second kappa shape index (κ2) is 5.66. The smallest absolute Gasteiger partial charge is 0.264 e. The molecule has 4 rings (SSSR count). The van der Waals surface area contributed by atoms with E-state index in [1.165, 1.54) is 6.07 Å². The molecule has 0 amide bonds. The minimum absolute atomic E-state index is 0.215. The van der Waals surface area contributed by atoms with Crippen LogP contribution in [-0.2, 0) is 6.54 Å². The maximum atomic E-state index is 11.2. The van der Waals surface area contributed by atoms with E-state index in [4.69, 9.17) is 5.73 Å². The van der Waals surface area contributed by atoms with Crippen LogP contribution in [0.25, 0.3) is 22.3 Å². The highest BCUT2D eigenvalue weighted by Gasteiger charge is 2.09. The van der Waals surface area contributed by atoms with Gasteiger partial charge in [-0.15, -0.1) is 0 Å². The molecule has 2 aromatic heterocycles. The number of hydrogen-bond acceptors (Lipinski definition) is 4. The largest absolute Gasteiger partial charge is 0.369 e. The minimum Gasteiger partial charge on any atom is -0.369 e. The molecule has 0 spiro atoms. The Bertz CT molecular complexity index is 1060. The molecular formula is C18H15N5O. The standard InChI is InChI=1S/C18H15N5O/c19-18-20-15-6-1-2-7-16(15)23(18)11-12-4-3-5-13(10-12)14-8-9-17(24)22-21-14/h1-10H,11H2,(H2,19,20)(H,22,24). The number of para-hydroxylation sites is 2. The number of hydrogen-bond donors (Lipinski definition) is 2. The quantitative estimate of drug-likeness (QED) is 0.607. The van der Waals surface area contributed by atoms with Gasteiger partial charge < -0.3 is 10.3 Å². The summed E-state index contributed by atoms with van der Waals surface area (Å²) in [6.45, 7) is 0.615. The summed E-state index contributed by atoms with van der Waals surface area (Å²) in [5.41, 5.74) is 10.5. The highest BCUT2D eigenvalue weighted by atomic mass is 16.1. The van der Waals surface area contributed by atoms with Crippen molar-refractivity contribution in [2.75, 3.05) is 5.73 Å². The van der Waals surface area contributed by atoms with Gasteiger partial charge in [0.05, 0.1) is 23.3 Å². The lowest BCUT2D eigenvalue weighted by molar-refractivity contribution is 0.838. The Labute approximate surface area is 137 Å². The molecule has 24 heavy (non-hydrogen) atoms. The van der Waals surface area contributed by atoms with E-state index >= 15 is 0 Å². The number of nitrogens with zero attached hydrogens (tertiary/aromatic N) is 3. The van der Waals surface area contributed by atoms with Gasteiger partial charge in [0.2, 0.25) is 5.95 Å². The van der Waals surface area contributed by atoms with E-state index in [-0.39, 0.29) is 5.56 Å². The van der Waals surface area contributed by atoms with Crippen LogP contribution < -0.4 is 11.3 Å². The molecule has 0 saturated heterocycles. The average Bonchev–Trinajstić information content (AvgIpc) is 2.92. The molecule has 4 aromatic rings. The summed E-state index contributed by atoms with van der Waals surface area (Å²) >= 11 is 0. The number of H-pyrrole nitrogens is 1. The summed E-state index contributed by atoms with van der Waals surface area (Å²) in [7, 11) is 0. The summed E-state index contributed by atoms with van der Waals surface area (Å²) in [6.07, 6.45) is 0. The van der Waals surface area contributed by atoms with E-state index in [1.54, 1.807) is 6.07 Å². The predicted octanol–water partition coefficient (Wildman–Crippen LogP) is 2.42. The lowest BCUT2D eigenvalue weighted by atomic mass is 10.1. The number of anilines is 1. The van der Waals surface area contributed by atoms with E-state index < -0.39 is 0 Å². The van der Waals surface area contributed by atoms with Crippen LogP contribution >= 0.6 is 0 Å². The Kier molecular flexibility index (Phi) is 3.35. The number of nitrogens with two attached hydrogens (primary N) is 1. The van der Waals surface area contributed by atoms with E-state index in [9.17, 15) is 4.79 Å². The van der Waals surface area contributed by atoms with Gasteiger partial charge in [-0.25, -0.2) is 10.1 Å². The summed E-state index contributed by atoms with van der Waals surface area (Å²) in [5.74, 6) is 0.490. The molecular weight excluding hydrogens is 302 g/mol. The Hall–Kier alpha value is -3.41. The Balaban J connectivity index is 1.72. The van der Waals surface area contributed by atoms with Crippen LogP contribution in [0.3, 0.4) is 0 Å². The van der Waals surface area contributed by atoms with Crippen LogP contribution in [-0.4, -0.2) is 19.7 Å². The number of nitrogens with one attached hydrogen (secondary N) is 1. The van der Waals surface area contributed by atoms with Gasteiger partial charge in [-0.05, 0) is 29.8 Å². The topological polar surface area (TPSA) is 89.6 Å². The van der Waals surface area contributed by atoms with Crippen LogP contribution in [0.2, 0.25) is 0 Å². The second-order valence-electron chi connectivity index (χ2n) is 5.55. The number of benzene rings is 2. The van der Waals surface area contributed by atoms with Crippen molar-refractivity contribution in [1.29, 1.82) is 0 Å². The van der Waals surface area contributed by atoms with E-state index in [1.807, 2.05) is 53.1 Å². The molecule has 0 bridgehead atoms. The molecule has 118 valence electrons. The molecule has 0 atom stereocenters. The van der Waals surface area contributed by atoms with Gasteiger partial charge in [-0.3, -0.25) is 4.79 Å². The summed E-state index contributed by atoms with van der Waals surface area (Å²) < 4.78 is 1.98. The number of fused-ring (bicyclic) bond motifs is 1. The maximum absolute atomic E-state index is 11.2. The molecule has 3 N–H and O–H groups in total. The lowest BCUT2D eigenvalue weighted by Crippen LogP contribution is -2.06. The van der Waals surface area contributed by atoms with Crippen molar-refractivity contribution in [3.05, 3.63) is 76.6 Å². The van der Waals surface area contributed by atoms with Crippen molar-refractivity contribution in [2.45, 2.75) is 6.54 Å². The normalized spacial score (nSPS) is 11.0.